The Morgan fingerprint density at radius 2 is 1.94 bits per heavy atom. The van der Waals surface area contributed by atoms with Crippen LogP contribution in [-0.2, 0) is 9.59 Å². The minimum atomic E-state index is -1.10. The summed E-state index contributed by atoms with van der Waals surface area (Å²) in [5.41, 5.74) is 0.00246. The molecular weight excluding hydrogens is 230 g/mol. The molecular formula is C11H10F2N2O2. The van der Waals surface area contributed by atoms with Crippen LogP contribution >= 0.6 is 0 Å². The second-order valence-electron chi connectivity index (χ2n) is 3.08. The van der Waals surface area contributed by atoms with Crippen LogP contribution in [0.5, 0.6) is 0 Å². The molecule has 0 aliphatic rings. The first-order chi connectivity index (χ1) is 8.04. The van der Waals surface area contributed by atoms with E-state index in [4.69, 9.17) is 0 Å². The molecule has 1 rings (SSSR count). The van der Waals surface area contributed by atoms with Crippen LogP contribution in [0.3, 0.4) is 0 Å². The van der Waals surface area contributed by atoms with Gasteiger partial charge < -0.3 is 10.6 Å². The van der Waals surface area contributed by atoms with E-state index in [0.29, 0.717) is 0 Å². The molecule has 4 nitrogen and oxygen atoms in total. The number of halogens is 2. The molecule has 0 aliphatic heterocycles. The van der Waals surface area contributed by atoms with Crippen LogP contribution in [0.4, 0.5) is 14.5 Å². The van der Waals surface area contributed by atoms with Gasteiger partial charge in [-0.15, -0.1) is 6.58 Å². The van der Waals surface area contributed by atoms with Gasteiger partial charge in [0.2, 0.25) is 0 Å². The molecule has 0 saturated heterocycles. The average molecular weight is 240 g/mol. The molecule has 0 radical (unpaired) electrons. The van der Waals surface area contributed by atoms with Gasteiger partial charge in [0.1, 0.15) is 0 Å². The summed E-state index contributed by atoms with van der Waals surface area (Å²) in [5, 5.41) is 4.37. The van der Waals surface area contributed by atoms with Gasteiger partial charge in [0.15, 0.2) is 11.6 Å². The summed E-state index contributed by atoms with van der Waals surface area (Å²) in [6.45, 7) is 3.50. The molecule has 1 aromatic rings. The molecule has 90 valence electrons. The van der Waals surface area contributed by atoms with Crippen LogP contribution in [0.2, 0.25) is 0 Å². The van der Waals surface area contributed by atoms with Crippen molar-refractivity contribution in [3.63, 3.8) is 0 Å². The van der Waals surface area contributed by atoms with Crippen molar-refractivity contribution >= 4 is 17.5 Å². The van der Waals surface area contributed by atoms with Crippen molar-refractivity contribution in [1.29, 1.82) is 0 Å². The molecule has 0 fully saturated rings. The maximum atomic E-state index is 12.8. The highest BCUT2D eigenvalue weighted by Crippen LogP contribution is 2.12. The van der Waals surface area contributed by atoms with Crippen LogP contribution in [-0.4, -0.2) is 18.4 Å². The fraction of sp³-hybridized carbons (Fsp3) is 0.0909. The average Bonchev–Trinajstić information content (AvgIpc) is 2.30. The lowest BCUT2D eigenvalue weighted by atomic mass is 10.3. The summed E-state index contributed by atoms with van der Waals surface area (Å²) < 4.78 is 25.4. The summed E-state index contributed by atoms with van der Waals surface area (Å²) in [6.07, 6.45) is 1.41. The standard InChI is InChI=1S/C11H10F2N2O2/c1-2-5-14-10(16)11(17)15-7-3-4-8(12)9(13)6-7/h2-4,6H,1,5H2,(H,14,16)(H,15,17). The number of carbonyl (C=O) groups excluding carboxylic acids is 2. The maximum absolute atomic E-state index is 12.8. The minimum Gasteiger partial charge on any atom is -0.344 e. The van der Waals surface area contributed by atoms with E-state index in [1.165, 1.54) is 6.08 Å². The van der Waals surface area contributed by atoms with E-state index in [1.807, 2.05) is 0 Å². The Hall–Kier alpha value is -2.24. The van der Waals surface area contributed by atoms with Crippen LogP contribution in [0.1, 0.15) is 0 Å². The van der Waals surface area contributed by atoms with Gasteiger partial charge >= 0.3 is 11.8 Å². The number of hydrogen-bond acceptors (Lipinski definition) is 2. The number of amides is 2. The second-order valence-corrected chi connectivity index (χ2v) is 3.08. The SMILES string of the molecule is C=CCNC(=O)C(=O)Nc1ccc(F)c(F)c1. The van der Waals surface area contributed by atoms with Crippen molar-refractivity contribution in [2.24, 2.45) is 0 Å². The molecule has 0 unspecified atom stereocenters. The normalized spacial score (nSPS) is 9.53. The Kier molecular flexibility index (Phi) is 4.33. The van der Waals surface area contributed by atoms with Gasteiger partial charge in [0, 0.05) is 18.3 Å². The van der Waals surface area contributed by atoms with Crippen LogP contribution < -0.4 is 10.6 Å². The number of rotatable bonds is 3. The highest BCUT2D eigenvalue weighted by atomic mass is 19.2. The molecule has 0 heterocycles. The molecule has 2 amide bonds. The van der Waals surface area contributed by atoms with Gasteiger partial charge in [-0.2, -0.15) is 0 Å². The number of benzene rings is 1. The smallest absolute Gasteiger partial charge is 0.313 e. The Bertz CT molecular complexity index is 461. The number of nitrogens with one attached hydrogen (secondary N) is 2. The maximum Gasteiger partial charge on any atom is 0.313 e. The molecule has 0 spiro atoms. The largest absolute Gasteiger partial charge is 0.344 e. The predicted molar refractivity (Wildman–Crippen MR) is 58.2 cm³/mol. The Balaban J connectivity index is 2.64. The summed E-state index contributed by atoms with van der Waals surface area (Å²) in [5.74, 6) is -3.97. The van der Waals surface area contributed by atoms with Crippen molar-refractivity contribution in [3.8, 4) is 0 Å². The van der Waals surface area contributed by atoms with E-state index in [2.05, 4.69) is 17.2 Å². The summed E-state index contributed by atoms with van der Waals surface area (Å²) >= 11 is 0. The van der Waals surface area contributed by atoms with Crippen molar-refractivity contribution in [2.45, 2.75) is 0 Å². The fourth-order valence-corrected chi connectivity index (χ4v) is 1.01. The second kappa shape index (κ2) is 5.74. The monoisotopic (exact) mass is 240 g/mol. The zero-order valence-electron chi connectivity index (χ0n) is 8.80. The zero-order valence-corrected chi connectivity index (χ0v) is 8.80. The number of hydrogen-bond donors (Lipinski definition) is 2. The first-order valence-corrected chi connectivity index (χ1v) is 4.69. The van der Waals surface area contributed by atoms with Crippen LogP contribution in [0.15, 0.2) is 30.9 Å². The molecule has 0 aromatic heterocycles. The van der Waals surface area contributed by atoms with E-state index in [0.717, 1.165) is 18.2 Å². The van der Waals surface area contributed by atoms with Gasteiger partial charge in [-0.1, -0.05) is 6.08 Å². The quantitative estimate of drug-likeness (QED) is 0.616. The van der Waals surface area contributed by atoms with Gasteiger partial charge in [0.25, 0.3) is 0 Å². The van der Waals surface area contributed by atoms with E-state index in [-0.39, 0.29) is 12.2 Å². The van der Waals surface area contributed by atoms with Crippen molar-refractivity contribution in [3.05, 3.63) is 42.5 Å². The fourth-order valence-electron chi connectivity index (χ4n) is 1.01. The van der Waals surface area contributed by atoms with Gasteiger partial charge in [-0.3, -0.25) is 9.59 Å². The van der Waals surface area contributed by atoms with Gasteiger partial charge in [-0.05, 0) is 12.1 Å². The zero-order chi connectivity index (χ0) is 12.8. The molecule has 0 saturated carbocycles. The van der Waals surface area contributed by atoms with Crippen LogP contribution in [0.25, 0.3) is 0 Å². The highest BCUT2D eigenvalue weighted by Gasteiger charge is 2.13. The van der Waals surface area contributed by atoms with Gasteiger partial charge in [0.05, 0.1) is 0 Å². The van der Waals surface area contributed by atoms with Crippen molar-refractivity contribution in [1.82, 2.24) is 5.32 Å². The third-order valence-electron chi connectivity index (χ3n) is 1.79. The third kappa shape index (κ3) is 3.67. The van der Waals surface area contributed by atoms with E-state index >= 15 is 0 Å². The van der Waals surface area contributed by atoms with E-state index in [9.17, 15) is 18.4 Å². The molecule has 6 heteroatoms. The number of carbonyl (C=O) groups is 2. The molecule has 1 aromatic carbocycles. The molecule has 0 bridgehead atoms. The highest BCUT2D eigenvalue weighted by molar-refractivity contribution is 6.39. The predicted octanol–water partition coefficient (Wildman–Crippen LogP) is 1.21. The molecule has 2 N–H and O–H groups in total. The molecule has 0 atom stereocenters. The van der Waals surface area contributed by atoms with Crippen molar-refractivity contribution in [2.75, 3.05) is 11.9 Å². The lowest BCUT2D eigenvalue weighted by molar-refractivity contribution is -0.136. The molecule has 0 aliphatic carbocycles. The Labute approximate surface area is 96.3 Å². The van der Waals surface area contributed by atoms with Gasteiger partial charge in [-0.25, -0.2) is 8.78 Å². The summed E-state index contributed by atoms with van der Waals surface area (Å²) in [4.78, 5) is 22.4. The van der Waals surface area contributed by atoms with E-state index in [1.54, 1.807) is 0 Å². The van der Waals surface area contributed by atoms with Crippen molar-refractivity contribution < 1.29 is 18.4 Å². The van der Waals surface area contributed by atoms with E-state index < -0.39 is 23.4 Å². The lowest BCUT2D eigenvalue weighted by Gasteiger charge is -2.05. The molecule has 17 heavy (non-hydrogen) atoms. The first kappa shape index (κ1) is 12.8. The third-order valence-corrected chi connectivity index (χ3v) is 1.79. The first-order valence-electron chi connectivity index (χ1n) is 4.69. The minimum absolute atomic E-state index is 0.00246. The lowest BCUT2D eigenvalue weighted by Crippen LogP contribution is -2.35. The Morgan fingerprint density at radius 3 is 2.53 bits per heavy atom. The topological polar surface area (TPSA) is 58.2 Å². The number of anilines is 1. The van der Waals surface area contributed by atoms with Crippen LogP contribution in [0, 0.1) is 11.6 Å². The Morgan fingerprint density at radius 1 is 1.24 bits per heavy atom. The summed E-state index contributed by atoms with van der Waals surface area (Å²) in [6, 6.07) is 2.79. The summed E-state index contributed by atoms with van der Waals surface area (Å²) in [7, 11) is 0.